The van der Waals surface area contributed by atoms with Crippen molar-refractivity contribution in [1.82, 2.24) is 10.9 Å². The van der Waals surface area contributed by atoms with Crippen LogP contribution in [0, 0.1) is 0 Å². The molecule has 1 heterocycles. The van der Waals surface area contributed by atoms with E-state index in [-0.39, 0.29) is 18.1 Å². The highest BCUT2D eigenvalue weighted by Gasteiger charge is 2.14. The minimum atomic E-state index is -0.643. The standard InChI is InChI=1S/C17H18N2O5/c1-12(13-6-3-2-4-7-13)10-16(21)24-11-15(20)18-19-17(22)14-8-5-9-23-14/h2-9,12H,10-11H2,1H3,(H,18,20)(H,19,22)/t12-/m1/s1. The third-order valence-electron chi connectivity index (χ3n) is 3.27. The lowest BCUT2D eigenvalue weighted by molar-refractivity contribution is -0.149. The Morgan fingerprint density at radius 1 is 1.08 bits per heavy atom. The van der Waals surface area contributed by atoms with Crippen molar-refractivity contribution in [2.45, 2.75) is 19.3 Å². The molecule has 1 aromatic heterocycles. The zero-order valence-corrected chi connectivity index (χ0v) is 13.2. The van der Waals surface area contributed by atoms with Crippen molar-refractivity contribution in [3.63, 3.8) is 0 Å². The fraction of sp³-hybridized carbons (Fsp3) is 0.235. The molecule has 1 aromatic carbocycles. The van der Waals surface area contributed by atoms with E-state index in [1.54, 1.807) is 6.07 Å². The SMILES string of the molecule is C[C@H](CC(=O)OCC(=O)NNC(=O)c1ccco1)c1ccccc1. The first-order valence-electron chi connectivity index (χ1n) is 7.39. The van der Waals surface area contributed by atoms with Crippen LogP contribution >= 0.6 is 0 Å². The third-order valence-corrected chi connectivity index (χ3v) is 3.27. The predicted molar refractivity (Wildman–Crippen MR) is 84.7 cm³/mol. The summed E-state index contributed by atoms with van der Waals surface area (Å²) in [5.74, 6) is -1.68. The van der Waals surface area contributed by atoms with Crippen LogP contribution in [0.1, 0.15) is 35.4 Å². The summed E-state index contributed by atoms with van der Waals surface area (Å²) < 4.78 is 9.76. The Kier molecular flexibility index (Phi) is 6.13. The van der Waals surface area contributed by atoms with Gasteiger partial charge in [-0.05, 0) is 23.6 Å². The Bertz CT molecular complexity index is 682. The highest BCUT2D eigenvalue weighted by Crippen LogP contribution is 2.18. The second-order valence-electron chi connectivity index (χ2n) is 5.16. The van der Waals surface area contributed by atoms with Crippen LogP contribution in [0.15, 0.2) is 53.1 Å². The van der Waals surface area contributed by atoms with Gasteiger partial charge in [0.2, 0.25) is 0 Å². The molecule has 0 aliphatic heterocycles. The first-order valence-corrected chi connectivity index (χ1v) is 7.39. The van der Waals surface area contributed by atoms with E-state index >= 15 is 0 Å². The number of amides is 2. The summed E-state index contributed by atoms with van der Waals surface area (Å²) in [5.41, 5.74) is 5.31. The van der Waals surface area contributed by atoms with Crippen molar-refractivity contribution >= 4 is 17.8 Å². The van der Waals surface area contributed by atoms with Gasteiger partial charge in [-0.15, -0.1) is 0 Å². The molecule has 7 nitrogen and oxygen atoms in total. The summed E-state index contributed by atoms with van der Waals surface area (Å²) in [4.78, 5) is 34.8. The van der Waals surface area contributed by atoms with E-state index in [0.717, 1.165) is 5.56 Å². The average molecular weight is 330 g/mol. The summed E-state index contributed by atoms with van der Waals surface area (Å²) in [6, 6.07) is 12.5. The zero-order chi connectivity index (χ0) is 17.4. The van der Waals surface area contributed by atoms with Gasteiger partial charge in [0.25, 0.3) is 5.91 Å². The van der Waals surface area contributed by atoms with Crippen LogP contribution in [0.25, 0.3) is 0 Å². The maximum atomic E-state index is 11.8. The molecule has 0 bridgehead atoms. The number of benzene rings is 1. The molecule has 7 heteroatoms. The van der Waals surface area contributed by atoms with Crippen molar-refractivity contribution in [2.75, 3.05) is 6.61 Å². The van der Waals surface area contributed by atoms with Crippen molar-refractivity contribution < 1.29 is 23.5 Å². The van der Waals surface area contributed by atoms with Gasteiger partial charge in [-0.2, -0.15) is 0 Å². The van der Waals surface area contributed by atoms with Crippen LogP contribution in [0.3, 0.4) is 0 Å². The summed E-state index contributed by atoms with van der Waals surface area (Å²) in [5, 5.41) is 0. The van der Waals surface area contributed by atoms with E-state index in [9.17, 15) is 14.4 Å². The zero-order valence-electron chi connectivity index (χ0n) is 13.2. The van der Waals surface area contributed by atoms with Crippen molar-refractivity contribution in [2.24, 2.45) is 0 Å². The van der Waals surface area contributed by atoms with Gasteiger partial charge < -0.3 is 9.15 Å². The molecule has 0 aliphatic rings. The molecule has 0 saturated carbocycles. The Morgan fingerprint density at radius 3 is 2.50 bits per heavy atom. The molecule has 0 spiro atoms. The lowest BCUT2D eigenvalue weighted by Crippen LogP contribution is -2.43. The first kappa shape index (κ1) is 17.3. The Balaban J connectivity index is 1.67. The van der Waals surface area contributed by atoms with Gasteiger partial charge in [0.1, 0.15) is 0 Å². The number of carbonyl (C=O) groups is 3. The van der Waals surface area contributed by atoms with E-state index in [2.05, 4.69) is 10.9 Å². The molecular formula is C17H18N2O5. The largest absolute Gasteiger partial charge is 0.459 e. The number of ether oxygens (including phenoxy) is 1. The Labute approximate surface area is 139 Å². The molecule has 0 unspecified atom stereocenters. The minimum Gasteiger partial charge on any atom is -0.459 e. The molecule has 2 N–H and O–H groups in total. The van der Waals surface area contributed by atoms with Gasteiger partial charge >= 0.3 is 11.9 Å². The molecule has 2 amide bonds. The van der Waals surface area contributed by atoms with Crippen molar-refractivity contribution in [1.29, 1.82) is 0 Å². The molecule has 0 aliphatic carbocycles. The maximum Gasteiger partial charge on any atom is 0.306 e. The quantitative estimate of drug-likeness (QED) is 0.621. The summed E-state index contributed by atoms with van der Waals surface area (Å²) in [6.07, 6.45) is 1.50. The molecule has 2 aromatic rings. The van der Waals surface area contributed by atoms with Crippen LogP contribution in [0.4, 0.5) is 0 Å². The number of rotatable bonds is 6. The van der Waals surface area contributed by atoms with E-state index in [1.807, 2.05) is 37.3 Å². The van der Waals surface area contributed by atoms with Crippen LogP contribution in [-0.4, -0.2) is 24.4 Å². The van der Waals surface area contributed by atoms with Gasteiger partial charge in [0.15, 0.2) is 12.4 Å². The molecule has 126 valence electrons. The highest BCUT2D eigenvalue weighted by molar-refractivity contribution is 5.93. The summed E-state index contributed by atoms with van der Waals surface area (Å²) >= 11 is 0. The van der Waals surface area contributed by atoms with Crippen LogP contribution in [0.2, 0.25) is 0 Å². The second-order valence-corrected chi connectivity index (χ2v) is 5.16. The maximum absolute atomic E-state index is 11.8. The van der Waals surface area contributed by atoms with E-state index < -0.39 is 24.4 Å². The molecule has 0 fully saturated rings. The van der Waals surface area contributed by atoms with Gasteiger partial charge in [0, 0.05) is 0 Å². The Hall–Kier alpha value is -3.09. The minimum absolute atomic E-state index is 0.0135. The lowest BCUT2D eigenvalue weighted by Gasteiger charge is -2.11. The number of hydrazine groups is 1. The highest BCUT2D eigenvalue weighted by atomic mass is 16.5. The number of hydrogen-bond donors (Lipinski definition) is 2. The van der Waals surface area contributed by atoms with Crippen molar-refractivity contribution in [3.05, 3.63) is 60.1 Å². The van der Waals surface area contributed by atoms with Gasteiger partial charge in [-0.1, -0.05) is 37.3 Å². The van der Waals surface area contributed by atoms with Crippen LogP contribution in [-0.2, 0) is 14.3 Å². The molecular weight excluding hydrogens is 312 g/mol. The van der Waals surface area contributed by atoms with Gasteiger partial charge in [0.05, 0.1) is 12.7 Å². The number of carbonyl (C=O) groups excluding carboxylic acids is 3. The molecule has 0 radical (unpaired) electrons. The number of nitrogens with one attached hydrogen (secondary N) is 2. The third kappa shape index (κ3) is 5.28. The lowest BCUT2D eigenvalue weighted by atomic mass is 9.98. The molecule has 1 atom stereocenters. The van der Waals surface area contributed by atoms with Gasteiger partial charge in [-0.3, -0.25) is 25.2 Å². The second kappa shape index (κ2) is 8.52. The van der Waals surface area contributed by atoms with Crippen LogP contribution < -0.4 is 10.9 Å². The summed E-state index contributed by atoms with van der Waals surface area (Å²) in [7, 11) is 0. The van der Waals surface area contributed by atoms with Crippen molar-refractivity contribution in [3.8, 4) is 0 Å². The number of esters is 1. The summed E-state index contributed by atoms with van der Waals surface area (Å²) in [6.45, 7) is 1.43. The van der Waals surface area contributed by atoms with E-state index in [4.69, 9.17) is 9.15 Å². The van der Waals surface area contributed by atoms with Gasteiger partial charge in [-0.25, -0.2) is 0 Å². The number of furan rings is 1. The molecule has 2 rings (SSSR count). The normalized spacial score (nSPS) is 11.4. The van der Waals surface area contributed by atoms with E-state index in [1.165, 1.54) is 12.3 Å². The fourth-order valence-electron chi connectivity index (χ4n) is 1.99. The number of hydrogen-bond acceptors (Lipinski definition) is 5. The predicted octanol–water partition coefficient (Wildman–Crippen LogP) is 1.78. The topological polar surface area (TPSA) is 97.6 Å². The molecule has 24 heavy (non-hydrogen) atoms. The monoisotopic (exact) mass is 330 g/mol. The molecule has 0 saturated heterocycles. The smallest absolute Gasteiger partial charge is 0.306 e. The average Bonchev–Trinajstić information content (AvgIpc) is 3.13. The fourth-order valence-corrected chi connectivity index (χ4v) is 1.99. The van der Waals surface area contributed by atoms with E-state index in [0.29, 0.717) is 0 Å². The Morgan fingerprint density at radius 2 is 1.83 bits per heavy atom. The first-order chi connectivity index (χ1) is 11.6. The van der Waals surface area contributed by atoms with Crippen LogP contribution in [0.5, 0.6) is 0 Å².